The standard InChI is InChI=1S/C28H26N4/c1-19-11-25(12-20(2)27(19)31-17-23-7-5-9-29-15-23)26-13-21(3)28(22(4)14-26)32-18-24-8-6-10-30-16-24/h5-18H,1-4H3. The number of rotatable bonds is 5. The van der Waals surface area contributed by atoms with Crippen LogP contribution in [0.4, 0.5) is 11.4 Å². The van der Waals surface area contributed by atoms with Gasteiger partial charge in [-0.05, 0) is 97.5 Å². The van der Waals surface area contributed by atoms with Crippen LogP contribution in [-0.4, -0.2) is 22.4 Å². The molecule has 2 aromatic heterocycles. The Kier molecular flexibility index (Phi) is 6.31. The van der Waals surface area contributed by atoms with Gasteiger partial charge in [-0.15, -0.1) is 0 Å². The molecule has 0 spiro atoms. The zero-order valence-electron chi connectivity index (χ0n) is 18.9. The topological polar surface area (TPSA) is 50.5 Å². The second kappa shape index (κ2) is 9.48. The van der Waals surface area contributed by atoms with Crippen LogP contribution in [-0.2, 0) is 0 Å². The fraction of sp³-hybridized carbons (Fsp3) is 0.143. The molecule has 0 aliphatic heterocycles. The van der Waals surface area contributed by atoms with Crippen molar-refractivity contribution in [2.75, 3.05) is 0 Å². The molecule has 0 saturated heterocycles. The third-order valence-electron chi connectivity index (χ3n) is 5.37. The molecular formula is C28H26N4. The second-order valence-corrected chi connectivity index (χ2v) is 8.01. The number of hydrogen-bond acceptors (Lipinski definition) is 4. The summed E-state index contributed by atoms with van der Waals surface area (Å²) >= 11 is 0. The van der Waals surface area contributed by atoms with Gasteiger partial charge in [0.1, 0.15) is 0 Å². The van der Waals surface area contributed by atoms with Crippen molar-refractivity contribution < 1.29 is 0 Å². The highest BCUT2D eigenvalue weighted by atomic mass is 14.7. The largest absolute Gasteiger partial charge is 0.264 e. The zero-order valence-corrected chi connectivity index (χ0v) is 18.9. The van der Waals surface area contributed by atoms with Crippen molar-refractivity contribution >= 4 is 23.8 Å². The number of aliphatic imine (C=N–C) groups is 2. The summed E-state index contributed by atoms with van der Waals surface area (Å²) in [5, 5.41) is 0. The molecule has 4 aromatic rings. The SMILES string of the molecule is Cc1cc(-c2cc(C)c(N=Cc3cccnc3)c(C)c2)cc(C)c1N=Cc1cccnc1. The number of aromatic nitrogens is 2. The number of pyridine rings is 2. The van der Waals surface area contributed by atoms with E-state index in [9.17, 15) is 0 Å². The molecule has 0 unspecified atom stereocenters. The maximum Gasteiger partial charge on any atom is 0.0688 e. The molecule has 0 saturated carbocycles. The molecule has 0 bridgehead atoms. The molecule has 32 heavy (non-hydrogen) atoms. The molecule has 0 aliphatic carbocycles. The molecule has 0 aliphatic rings. The smallest absolute Gasteiger partial charge is 0.0688 e. The van der Waals surface area contributed by atoms with E-state index in [0.29, 0.717) is 0 Å². The Labute approximate surface area is 189 Å². The van der Waals surface area contributed by atoms with Gasteiger partial charge in [-0.3, -0.25) is 20.0 Å². The van der Waals surface area contributed by atoms with E-state index in [2.05, 4.69) is 61.9 Å². The van der Waals surface area contributed by atoms with E-state index in [-0.39, 0.29) is 0 Å². The lowest BCUT2D eigenvalue weighted by molar-refractivity contribution is 1.30. The monoisotopic (exact) mass is 418 g/mol. The van der Waals surface area contributed by atoms with Gasteiger partial charge in [-0.2, -0.15) is 0 Å². The van der Waals surface area contributed by atoms with E-state index in [0.717, 1.165) is 44.8 Å². The fourth-order valence-electron chi connectivity index (χ4n) is 3.84. The lowest BCUT2D eigenvalue weighted by Gasteiger charge is -2.13. The van der Waals surface area contributed by atoms with Gasteiger partial charge < -0.3 is 0 Å². The van der Waals surface area contributed by atoms with Crippen molar-refractivity contribution in [2.24, 2.45) is 9.98 Å². The summed E-state index contributed by atoms with van der Waals surface area (Å²) in [5.74, 6) is 0. The Balaban J connectivity index is 1.64. The predicted molar refractivity (Wildman–Crippen MR) is 134 cm³/mol. The molecule has 4 nitrogen and oxygen atoms in total. The predicted octanol–water partition coefficient (Wildman–Crippen LogP) is 6.88. The minimum absolute atomic E-state index is 0.990. The second-order valence-electron chi connectivity index (χ2n) is 8.01. The average molecular weight is 419 g/mol. The Bertz CT molecular complexity index is 1140. The maximum atomic E-state index is 4.72. The van der Waals surface area contributed by atoms with Gasteiger partial charge in [-0.1, -0.05) is 12.1 Å². The van der Waals surface area contributed by atoms with Crippen LogP contribution in [0.25, 0.3) is 11.1 Å². The van der Waals surface area contributed by atoms with E-state index in [1.165, 1.54) is 11.1 Å². The van der Waals surface area contributed by atoms with E-state index in [1.807, 2.05) is 49.1 Å². The van der Waals surface area contributed by atoms with Crippen molar-refractivity contribution in [2.45, 2.75) is 27.7 Å². The van der Waals surface area contributed by atoms with E-state index in [1.54, 1.807) is 12.4 Å². The van der Waals surface area contributed by atoms with Crippen LogP contribution in [0, 0.1) is 27.7 Å². The summed E-state index contributed by atoms with van der Waals surface area (Å²) < 4.78 is 0. The summed E-state index contributed by atoms with van der Waals surface area (Å²) in [6, 6.07) is 16.6. The molecule has 4 heteroatoms. The first kappa shape index (κ1) is 21.3. The highest BCUT2D eigenvalue weighted by Crippen LogP contribution is 2.34. The van der Waals surface area contributed by atoms with Gasteiger partial charge in [0, 0.05) is 48.3 Å². The molecule has 2 heterocycles. The molecule has 158 valence electrons. The highest BCUT2D eigenvalue weighted by Gasteiger charge is 2.09. The Morgan fingerprint density at radius 3 is 1.28 bits per heavy atom. The molecular weight excluding hydrogens is 392 g/mol. The van der Waals surface area contributed by atoms with Gasteiger partial charge in [0.25, 0.3) is 0 Å². The Morgan fingerprint density at radius 1 is 0.594 bits per heavy atom. The van der Waals surface area contributed by atoms with E-state index < -0.39 is 0 Å². The lowest BCUT2D eigenvalue weighted by atomic mass is 9.95. The van der Waals surface area contributed by atoms with Crippen molar-refractivity contribution in [1.29, 1.82) is 0 Å². The van der Waals surface area contributed by atoms with Gasteiger partial charge in [-0.25, -0.2) is 0 Å². The van der Waals surface area contributed by atoms with Crippen LogP contribution in [0.3, 0.4) is 0 Å². The normalized spacial score (nSPS) is 11.5. The van der Waals surface area contributed by atoms with Crippen molar-refractivity contribution in [1.82, 2.24) is 9.97 Å². The summed E-state index contributed by atoms with van der Waals surface area (Å²) in [5.41, 5.74) is 11.0. The number of nitrogens with zero attached hydrogens (tertiary/aromatic N) is 4. The summed E-state index contributed by atoms with van der Waals surface area (Å²) in [7, 11) is 0. The minimum atomic E-state index is 0.990. The molecule has 4 rings (SSSR count). The maximum absolute atomic E-state index is 4.72. The van der Waals surface area contributed by atoms with Crippen molar-refractivity contribution in [3.05, 3.63) is 107 Å². The van der Waals surface area contributed by atoms with Gasteiger partial charge in [0.2, 0.25) is 0 Å². The third kappa shape index (κ3) is 4.86. The van der Waals surface area contributed by atoms with Crippen LogP contribution >= 0.6 is 0 Å². The fourth-order valence-corrected chi connectivity index (χ4v) is 3.84. The van der Waals surface area contributed by atoms with Gasteiger partial charge >= 0.3 is 0 Å². The van der Waals surface area contributed by atoms with E-state index in [4.69, 9.17) is 9.98 Å². The summed E-state index contributed by atoms with van der Waals surface area (Å²) in [6.45, 7) is 8.44. The van der Waals surface area contributed by atoms with Crippen LogP contribution in [0.1, 0.15) is 33.4 Å². The highest BCUT2D eigenvalue weighted by molar-refractivity contribution is 5.84. The third-order valence-corrected chi connectivity index (χ3v) is 5.37. The zero-order chi connectivity index (χ0) is 22.5. The quantitative estimate of drug-likeness (QED) is 0.332. The van der Waals surface area contributed by atoms with Crippen molar-refractivity contribution in [3.63, 3.8) is 0 Å². The van der Waals surface area contributed by atoms with Gasteiger partial charge in [0.15, 0.2) is 0 Å². The molecule has 0 amide bonds. The Hall–Kier alpha value is -3.92. The van der Waals surface area contributed by atoms with Crippen LogP contribution < -0.4 is 0 Å². The minimum Gasteiger partial charge on any atom is -0.264 e. The average Bonchev–Trinajstić information content (AvgIpc) is 2.79. The van der Waals surface area contributed by atoms with Crippen LogP contribution in [0.5, 0.6) is 0 Å². The number of benzene rings is 2. The van der Waals surface area contributed by atoms with Crippen molar-refractivity contribution in [3.8, 4) is 11.1 Å². The van der Waals surface area contributed by atoms with E-state index >= 15 is 0 Å². The first-order chi connectivity index (χ1) is 15.5. The molecule has 0 fully saturated rings. The van der Waals surface area contributed by atoms with Crippen LogP contribution in [0.15, 0.2) is 83.3 Å². The lowest BCUT2D eigenvalue weighted by Crippen LogP contribution is -1.90. The number of hydrogen-bond donors (Lipinski definition) is 0. The first-order valence-electron chi connectivity index (χ1n) is 10.6. The van der Waals surface area contributed by atoms with Gasteiger partial charge in [0.05, 0.1) is 11.4 Å². The molecule has 2 aromatic carbocycles. The summed E-state index contributed by atoms with van der Waals surface area (Å²) in [4.78, 5) is 17.7. The molecule has 0 radical (unpaired) electrons. The summed E-state index contributed by atoms with van der Waals surface area (Å²) in [6.07, 6.45) is 10.9. The molecule has 0 atom stereocenters. The van der Waals surface area contributed by atoms with Crippen LogP contribution in [0.2, 0.25) is 0 Å². The Morgan fingerprint density at radius 2 is 0.969 bits per heavy atom. The first-order valence-corrected chi connectivity index (χ1v) is 10.6. The molecule has 0 N–H and O–H groups in total. The number of aryl methyl sites for hydroxylation is 4.